The molecule has 18 heavy (non-hydrogen) atoms. The van der Waals surface area contributed by atoms with Gasteiger partial charge in [-0.15, -0.1) is 0 Å². The SMILES string of the molecule is NCC1(COc2cc(F)ccc2F)CCOCC1. The number of hydrogen-bond donors (Lipinski definition) is 1. The van der Waals surface area contributed by atoms with Crippen molar-refractivity contribution in [2.75, 3.05) is 26.4 Å². The molecule has 2 rings (SSSR count). The smallest absolute Gasteiger partial charge is 0.165 e. The number of nitrogens with two attached hydrogens (primary N) is 1. The average Bonchev–Trinajstić information content (AvgIpc) is 2.41. The minimum atomic E-state index is -0.560. The minimum absolute atomic E-state index is 0.0608. The third kappa shape index (κ3) is 2.97. The summed E-state index contributed by atoms with van der Waals surface area (Å²) < 4.78 is 37.1. The average molecular weight is 257 g/mol. The Morgan fingerprint density at radius 2 is 2.00 bits per heavy atom. The summed E-state index contributed by atoms with van der Waals surface area (Å²) in [5.41, 5.74) is 5.57. The highest BCUT2D eigenvalue weighted by atomic mass is 19.1. The molecule has 1 heterocycles. The van der Waals surface area contributed by atoms with Gasteiger partial charge in [-0.3, -0.25) is 0 Å². The molecule has 0 bridgehead atoms. The zero-order chi connectivity index (χ0) is 13.0. The van der Waals surface area contributed by atoms with Crippen molar-refractivity contribution in [1.29, 1.82) is 0 Å². The Balaban J connectivity index is 2.03. The van der Waals surface area contributed by atoms with E-state index in [0.29, 0.717) is 19.8 Å². The van der Waals surface area contributed by atoms with Crippen LogP contribution in [0.25, 0.3) is 0 Å². The summed E-state index contributed by atoms with van der Waals surface area (Å²) in [4.78, 5) is 0. The lowest BCUT2D eigenvalue weighted by atomic mass is 9.81. The highest BCUT2D eigenvalue weighted by Crippen LogP contribution is 2.31. The molecule has 5 heteroatoms. The second-order valence-corrected chi connectivity index (χ2v) is 4.68. The number of rotatable bonds is 4. The topological polar surface area (TPSA) is 44.5 Å². The summed E-state index contributed by atoms with van der Waals surface area (Å²) in [6.07, 6.45) is 1.56. The van der Waals surface area contributed by atoms with Crippen LogP contribution in [0.15, 0.2) is 18.2 Å². The van der Waals surface area contributed by atoms with Crippen LogP contribution in [0.4, 0.5) is 8.78 Å². The van der Waals surface area contributed by atoms with E-state index in [2.05, 4.69) is 0 Å². The zero-order valence-corrected chi connectivity index (χ0v) is 10.1. The van der Waals surface area contributed by atoms with Crippen molar-refractivity contribution in [3.8, 4) is 5.75 Å². The van der Waals surface area contributed by atoms with E-state index in [1.165, 1.54) is 0 Å². The molecule has 0 spiro atoms. The molecule has 2 N–H and O–H groups in total. The highest BCUT2D eigenvalue weighted by molar-refractivity contribution is 5.25. The maximum Gasteiger partial charge on any atom is 0.165 e. The van der Waals surface area contributed by atoms with Gasteiger partial charge in [0.25, 0.3) is 0 Å². The minimum Gasteiger partial charge on any atom is -0.490 e. The van der Waals surface area contributed by atoms with Crippen molar-refractivity contribution in [3.05, 3.63) is 29.8 Å². The molecule has 0 aromatic heterocycles. The van der Waals surface area contributed by atoms with E-state index in [1.807, 2.05) is 0 Å². The van der Waals surface area contributed by atoms with Crippen LogP contribution in [0.5, 0.6) is 5.75 Å². The zero-order valence-electron chi connectivity index (χ0n) is 10.1. The Morgan fingerprint density at radius 1 is 1.28 bits per heavy atom. The van der Waals surface area contributed by atoms with E-state index in [9.17, 15) is 8.78 Å². The molecule has 100 valence electrons. The summed E-state index contributed by atoms with van der Waals surface area (Å²) >= 11 is 0. The third-order valence-electron chi connectivity index (χ3n) is 3.41. The fourth-order valence-corrected chi connectivity index (χ4v) is 2.03. The Kier molecular flexibility index (Phi) is 4.14. The third-order valence-corrected chi connectivity index (χ3v) is 3.41. The van der Waals surface area contributed by atoms with E-state index in [-0.39, 0.29) is 17.8 Å². The molecule has 1 aromatic carbocycles. The molecule has 1 saturated heterocycles. The summed E-state index contributed by atoms with van der Waals surface area (Å²) in [6, 6.07) is 3.18. The lowest BCUT2D eigenvalue weighted by Crippen LogP contribution is -2.41. The second-order valence-electron chi connectivity index (χ2n) is 4.68. The van der Waals surface area contributed by atoms with Crippen molar-refractivity contribution >= 4 is 0 Å². The van der Waals surface area contributed by atoms with Gasteiger partial charge >= 0.3 is 0 Å². The molecule has 0 aliphatic carbocycles. The Bertz CT molecular complexity index is 406. The van der Waals surface area contributed by atoms with Gasteiger partial charge in [0.1, 0.15) is 5.82 Å². The van der Waals surface area contributed by atoms with Gasteiger partial charge in [0.15, 0.2) is 11.6 Å². The molecule has 1 aliphatic rings. The van der Waals surface area contributed by atoms with E-state index in [0.717, 1.165) is 31.0 Å². The van der Waals surface area contributed by atoms with Gasteiger partial charge in [0.05, 0.1) is 6.61 Å². The fourth-order valence-electron chi connectivity index (χ4n) is 2.03. The molecule has 0 radical (unpaired) electrons. The first-order valence-corrected chi connectivity index (χ1v) is 6.01. The number of ether oxygens (including phenoxy) is 2. The van der Waals surface area contributed by atoms with Gasteiger partial charge in [-0.1, -0.05) is 0 Å². The Labute approximate surface area is 105 Å². The normalized spacial score (nSPS) is 18.6. The van der Waals surface area contributed by atoms with Crippen molar-refractivity contribution < 1.29 is 18.3 Å². The predicted molar refractivity (Wildman–Crippen MR) is 63.4 cm³/mol. The summed E-state index contributed by atoms with van der Waals surface area (Å²) in [6.45, 7) is 2.00. The van der Waals surface area contributed by atoms with Crippen molar-refractivity contribution in [2.45, 2.75) is 12.8 Å². The van der Waals surface area contributed by atoms with Gasteiger partial charge in [-0.05, 0) is 25.0 Å². The molecule has 0 atom stereocenters. The summed E-state index contributed by atoms with van der Waals surface area (Å²) in [5.74, 6) is -1.13. The fraction of sp³-hybridized carbons (Fsp3) is 0.538. The largest absolute Gasteiger partial charge is 0.490 e. The van der Waals surface area contributed by atoms with Gasteiger partial charge in [-0.2, -0.15) is 0 Å². The number of benzene rings is 1. The van der Waals surface area contributed by atoms with Crippen LogP contribution in [0.1, 0.15) is 12.8 Å². The number of halogens is 2. The molecule has 1 fully saturated rings. The summed E-state index contributed by atoms with van der Waals surface area (Å²) in [5, 5.41) is 0. The van der Waals surface area contributed by atoms with Crippen molar-refractivity contribution in [3.63, 3.8) is 0 Å². The van der Waals surface area contributed by atoms with E-state index >= 15 is 0 Å². The molecule has 0 unspecified atom stereocenters. The number of hydrogen-bond acceptors (Lipinski definition) is 3. The van der Waals surface area contributed by atoms with Crippen molar-refractivity contribution in [2.24, 2.45) is 11.1 Å². The van der Waals surface area contributed by atoms with Crippen LogP contribution >= 0.6 is 0 Å². The van der Waals surface area contributed by atoms with E-state index in [1.54, 1.807) is 0 Å². The monoisotopic (exact) mass is 257 g/mol. The highest BCUT2D eigenvalue weighted by Gasteiger charge is 2.32. The predicted octanol–water partition coefficient (Wildman–Crippen LogP) is 2.10. The van der Waals surface area contributed by atoms with E-state index < -0.39 is 11.6 Å². The second kappa shape index (κ2) is 5.63. The summed E-state index contributed by atoms with van der Waals surface area (Å²) in [7, 11) is 0. The van der Waals surface area contributed by atoms with Crippen LogP contribution in [-0.4, -0.2) is 26.4 Å². The van der Waals surface area contributed by atoms with Gasteiger partial charge in [0.2, 0.25) is 0 Å². The standard InChI is InChI=1S/C13H17F2NO2/c14-10-1-2-11(15)12(7-10)18-9-13(8-16)3-5-17-6-4-13/h1-2,7H,3-6,8-9,16H2. The molecule has 3 nitrogen and oxygen atoms in total. The lowest BCUT2D eigenvalue weighted by molar-refractivity contribution is -0.00569. The van der Waals surface area contributed by atoms with Crippen LogP contribution in [-0.2, 0) is 4.74 Å². The maximum atomic E-state index is 13.4. The Morgan fingerprint density at radius 3 is 2.67 bits per heavy atom. The van der Waals surface area contributed by atoms with Crippen molar-refractivity contribution in [1.82, 2.24) is 0 Å². The molecular weight excluding hydrogens is 240 g/mol. The lowest BCUT2D eigenvalue weighted by Gasteiger charge is -2.35. The molecule has 1 aliphatic heterocycles. The van der Waals surface area contributed by atoms with Crippen LogP contribution in [0.3, 0.4) is 0 Å². The molecule has 1 aromatic rings. The van der Waals surface area contributed by atoms with Crippen LogP contribution in [0, 0.1) is 17.0 Å². The molecule has 0 amide bonds. The van der Waals surface area contributed by atoms with Gasteiger partial charge in [0, 0.05) is 31.2 Å². The van der Waals surface area contributed by atoms with Crippen LogP contribution < -0.4 is 10.5 Å². The first-order chi connectivity index (χ1) is 8.65. The quantitative estimate of drug-likeness (QED) is 0.898. The Hall–Kier alpha value is -1.20. The molecule has 0 saturated carbocycles. The van der Waals surface area contributed by atoms with Gasteiger partial charge in [-0.25, -0.2) is 8.78 Å². The molecular formula is C13H17F2NO2. The first-order valence-electron chi connectivity index (χ1n) is 6.01. The van der Waals surface area contributed by atoms with Gasteiger partial charge < -0.3 is 15.2 Å². The van der Waals surface area contributed by atoms with Crippen LogP contribution in [0.2, 0.25) is 0 Å². The first kappa shape index (κ1) is 13.2. The maximum absolute atomic E-state index is 13.4. The van der Waals surface area contributed by atoms with E-state index in [4.69, 9.17) is 15.2 Å².